The number of aromatic hydroxyl groups is 4. The van der Waals surface area contributed by atoms with Gasteiger partial charge in [0.25, 0.3) is 0 Å². The molecule has 0 aliphatic rings. The molecule has 3 rings (SSSR count). The molecule has 4 N–H and O–H groups in total. The zero-order chi connectivity index (χ0) is 20.7. The molecule has 0 spiro atoms. The van der Waals surface area contributed by atoms with Crippen LogP contribution in [-0.2, 0) is 10.8 Å². The van der Waals surface area contributed by atoms with Crippen molar-refractivity contribution in [1.82, 2.24) is 0 Å². The standard InChI is InChI=1S/C24H26O4/c1-23(2,15-5-9-17(25)10-6-15)21-19(27)13-14-20(28)22(21)24(3,4)16-7-11-18(26)12-8-16/h5-14,25-28H,1-4H3. The van der Waals surface area contributed by atoms with Crippen LogP contribution in [0.5, 0.6) is 23.0 Å². The molecule has 0 heterocycles. The second-order valence-electron chi connectivity index (χ2n) is 8.20. The number of benzene rings is 3. The normalized spacial score (nSPS) is 12.1. The van der Waals surface area contributed by atoms with Gasteiger partial charge in [-0.1, -0.05) is 52.0 Å². The molecule has 0 aromatic heterocycles. The maximum absolute atomic E-state index is 10.8. The highest BCUT2D eigenvalue weighted by atomic mass is 16.3. The van der Waals surface area contributed by atoms with Gasteiger partial charge < -0.3 is 20.4 Å². The van der Waals surface area contributed by atoms with Crippen LogP contribution < -0.4 is 0 Å². The summed E-state index contributed by atoms with van der Waals surface area (Å²) in [5.41, 5.74) is 1.76. The van der Waals surface area contributed by atoms with E-state index in [9.17, 15) is 20.4 Å². The predicted molar refractivity (Wildman–Crippen MR) is 110 cm³/mol. The lowest BCUT2D eigenvalue weighted by Crippen LogP contribution is -2.28. The van der Waals surface area contributed by atoms with Gasteiger partial charge in [-0.3, -0.25) is 0 Å². The SMILES string of the molecule is CC(C)(c1ccc(O)cc1)c1c(O)ccc(O)c1C(C)(C)c1ccc(O)cc1. The first-order valence-corrected chi connectivity index (χ1v) is 9.20. The maximum atomic E-state index is 10.8. The Morgan fingerprint density at radius 2 is 0.750 bits per heavy atom. The molecule has 0 radical (unpaired) electrons. The van der Waals surface area contributed by atoms with E-state index < -0.39 is 10.8 Å². The van der Waals surface area contributed by atoms with Crippen LogP contribution in [-0.4, -0.2) is 20.4 Å². The predicted octanol–water partition coefficient (Wildman–Crippen LogP) is 5.16. The van der Waals surface area contributed by atoms with Gasteiger partial charge in [-0.2, -0.15) is 0 Å². The first-order valence-electron chi connectivity index (χ1n) is 9.20. The summed E-state index contributed by atoms with van der Waals surface area (Å²) in [7, 11) is 0. The molecular formula is C24H26O4. The molecule has 28 heavy (non-hydrogen) atoms. The van der Waals surface area contributed by atoms with Gasteiger partial charge in [0.1, 0.15) is 23.0 Å². The van der Waals surface area contributed by atoms with Crippen molar-refractivity contribution >= 4 is 0 Å². The Labute approximate surface area is 165 Å². The van der Waals surface area contributed by atoms with Crippen molar-refractivity contribution in [3.05, 3.63) is 82.9 Å². The molecular weight excluding hydrogens is 352 g/mol. The third-order valence-corrected chi connectivity index (χ3v) is 5.59. The summed E-state index contributed by atoms with van der Waals surface area (Å²) in [5.74, 6) is 0.532. The topological polar surface area (TPSA) is 80.9 Å². The average Bonchev–Trinajstić information content (AvgIpc) is 2.63. The molecule has 3 aromatic carbocycles. The highest BCUT2D eigenvalue weighted by molar-refractivity contribution is 5.60. The first-order chi connectivity index (χ1) is 13.0. The monoisotopic (exact) mass is 378 g/mol. The maximum Gasteiger partial charge on any atom is 0.120 e. The van der Waals surface area contributed by atoms with Crippen molar-refractivity contribution < 1.29 is 20.4 Å². The van der Waals surface area contributed by atoms with Gasteiger partial charge in [0.2, 0.25) is 0 Å². The average molecular weight is 378 g/mol. The lowest BCUT2D eigenvalue weighted by atomic mass is 9.67. The summed E-state index contributed by atoms with van der Waals surface area (Å²) in [5, 5.41) is 40.9. The molecule has 4 nitrogen and oxygen atoms in total. The molecule has 0 saturated carbocycles. The van der Waals surface area contributed by atoms with E-state index in [1.54, 1.807) is 24.3 Å². The Hall–Kier alpha value is -3.14. The van der Waals surface area contributed by atoms with Crippen molar-refractivity contribution in [2.45, 2.75) is 38.5 Å². The van der Waals surface area contributed by atoms with E-state index in [-0.39, 0.29) is 23.0 Å². The van der Waals surface area contributed by atoms with Crippen LogP contribution in [0.1, 0.15) is 49.9 Å². The lowest BCUT2D eigenvalue weighted by Gasteiger charge is -2.36. The van der Waals surface area contributed by atoms with E-state index in [1.807, 2.05) is 52.0 Å². The van der Waals surface area contributed by atoms with Crippen molar-refractivity contribution in [1.29, 1.82) is 0 Å². The third kappa shape index (κ3) is 3.26. The van der Waals surface area contributed by atoms with Crippen LogP contribution >= 0.6 is 0 Å². The molecule has 0 fully saturated rings. The molecule has 0 amide bonds. The number of hydrogen-bond acceptors (Lipinski definition) is 4. The van der Waals surface area contributed by atoms with Crippen molar-refractivity contribution in [2.75, 3.05) is 0 Å². The molecule has 0 aliphatic heterocycles. The lowest BCUT2D eigenvalue weighted by molar-refractivity contribution is 0.420. The minimum absolute atomic E-state index is 0.0951. The minimum Gasteiger partial charge on any atom is -0.508 e. The quantitative estimate of drug-likeness (QED) is 0.473. The van der Waals surface area contributed by atoms with Gasteiger partial charge in [-0.25, -0.2) is 0 Å². The van der Waals surface area contributed by atoms with Crippen LogP contribution in [0.4, 0.5) is 0 Å². The van der Waals surface area contributed by atoms with Gasteiger partial charge in [-0.05, 0) is 47.5 Å². The summed E-state index contributed by atoms with van der Waals surface area (Å²) in [6, 6.07) is 16.7. The Bertz CT molecular complexity index is 902. The zero-order valence-corrected chi connectivity index (χ0v) is 16.6. The molecule has 4 heteroatoms. The Morgan fingerprint density at radius 3 is 1.04 bits per heavy atom. The van der Waals surface area contributed by atoms with Crippen LogP contribution in [0, 0.1) is 0 Å². The largest absolute Gasteiger partial charge is 0.508 e. The smallest absolute Gasteiger partial charge is 0.120 e. The van der Waals surface area contributed by atoms with Crippen molar-refractivity contribution in [3.8, 4) is 23.0 Å². The van der Waals surface area contributed by atoms with Gasteiger partial charge in [0.05, 0.1) is 0 Å². The van der Waals surface area contributed by atoms with Gasteiger partial charge in [0, 0.05) is 22.0 Å². The van der Waals surface area contributed by atoms with E-state index in [4.69, 9.17) is 0 Å². The summed E-state index contributed by atoms with van der Waals surface area (Å²) < 4.78 is 0. The van der Waals surface area contributed by atoms with Gasteiger partial charge >= 0.3 is 0 Å². The van der Waals surface area contributed by atoms with Gasteiger partial charge in [0.15, 0.2) is 0 Å². The van der Waals surface area contributed by atoms with Crippen LogP contribution in [0.15, 0.2) is 60.7 Å². The first kappa shape index (κ1) is 19.6. The number of hydrogen-bond donors (Lipinski definition) is 4. The minimum atomic E-state index is -0.639. The van der Waals surface area contributed by atoms with E-state index in [0.29, 0.717) is 11.1 Å². The summed E-state index contributed by atoms with van der Waals surface area (Å²) in [6.07, 6.45) is 0. The molecule has 0 saturated heterocycles. The third-order valence-electron chi connectivity index (χ3n) is 5.59. The van der Waals surface area contributed by atoms with Crippen LogP contribution in [0.2, 0.25) is 0 Å². The molecule has 146 valence electrons. The van der Waals surface area contributed by atoms with Crippen LogP contribution in [0.25, 0.3) is 0 Å². The van der Waals surface area contributed by atoms with E-state index in [2.05, 4.69) is 0 Å². The van der Waals surface area contributed by atoms with E-state index >= 15 is 0 Å². The second-order valence-corrected chi connectivity index (χ2v) is 8.20. The Balaban J connectivity index is 2.27. The fourth-order valence-corrected chi connectivity index (χ4v) is 3.89. The second kappa shape index (κ2) is 6.79. The fourth-order valence-electron chi connectivity index (χ4n) is 3.89. The molecule has 0 unspecified atom stereocenters. The zero-order valence-electron chi connectivity index (χ0n) is 16.6. The molecule has 0 aliphatic carbocycles. The fraction of sp³-hybridized carbons (Fsp3) is 0.250. The van der Waals surface area contributed by atoms with Crippen molar-refractivity contribution in [3.63, 3.8) is 0 Å². The summed E-state index contributed by atoms with van der Waals surface area (Å²) >= 11 is 0. The van der Waals surface area contributed by atoms with Gasteiger partial charge in [-0.15, -0.1) is 0 Å². The van der Waals surface area contributed by atoms with Crippen LogP contribution in [0.3, 0.4) is 0 Å². The summed E-state index contributed by atoms with van der Waals surface area (Å²) in [4.78, 5) is 0. The Kier molecular flexibility index (Phi) is 4.76. The molecule has 0 atom stereocenters. The number of phenols is 4. The highest BCUT2D eigenvalue weighted by Gasteiger charge is 2.37. The Morgan fingerprint density at radius 1 is 0.464 bits per heavy atom. The molecule has 3 aromatic rings. The highest BCUT2D eigenvalue weighted by Crippen LogP contribution is 2.48. The number of rotatable bonds is 4. The van der Waals surface area contributed by atoms with E-state index in [1.165, 1.54) is 12.1 Å². The number of phenolic OH excluding ortho intramolecular Hbond substituents is 4. The van der Waals surface area contributed by atoms with Crippen molar-refractivity contribution in [2.24, 2.45) is 0 Å². The van der Waals surface area contributed by atoms with E-state index in [0.717, 1.165) is 11.1 Å². The molecule has 0 bridgehead atoms. The summed E-state index contributed by atoms with van der Waals surface area (Å²) in [6.45, 7) is 7.91.